The maximum Gasteiger partial charge on any atom is 0.135 e. The largest absolute Gasteiger partial charge is 0.456 e. The Bertz CT molecular complexity index is 2630. The molecule has 4 heteroatoms. The fraction of sp³-hybridized carbons (Fsp3) is 0. The Hall–Kier alpha value is -5.58. The van der Waals surface area contributed by atoms with Gasteiger partial charge in [0, 0.05) is 58.8 Å². The standard InChI is InChI=1S/C40H23NO2S/c1-2-8-25-20-40-33(19-24(25)7-1)34-23-28(15-18-39(34)44-40)41(26-13-16-37-31(21-26)29-9-3-5-11-35(29)42-37)27-14-17-38-32(22-27)30-10-4-6-12-36(30)43-38/h1-23H. The molecule has 10 rings (SSSR count). The van der Waals surface area contributed by atoms with E-state index in [4.69, 9.17) is 8.83 Å². The molecule has 0 saturated heterocycles. The van der Waals surface area contributed by atoms with Gasteiger partial charge in [-0.3, -0.25) is 0 Å². The lowest BCUT2D eigenvalue weighted by Crippen LogP contribution is -2.09. The van der Waals surface area contributed by atoms with Crippen molar-refractivity contribution >= 4 is 103 Å². The number of thiophene rings is 1. The molecule has 3 aromatic heterocycles. The fourth-order valence-electron chi connectivity index (χ4n) is 6.74. The van der Waals surface area contributed by atoms with Crippen LogP contribution in [0.3, 0.4) is 0 Å². The molecule has 0 saturated carbocycles. The van der Waals surface area contributed by atoms with Crippen molar-refractivity contribution in [2.24, 2.45) is 0 Å². The van der Waals surface area contributed by atoms with Crippen LogP contribution in [0.1, 0.15) is 0 Å². The van der Waals surface area contributed by atoms with Gasteiger partial charge in [0.25, 0.3) is 0 Å². The van der Waals surface area contributed by atoms with Gasteiger partial charge in [-0.2, -0.15) is 0 Å². The molecule has 0 aliphatic heterocycles. The predicted molar refractivity (Wildman–Crippen MR) is 186 cm³/mol. The zero-order chi connectivity index (χ0) is 28.8. The minimum absolute atomic E-state index is 0.886. The second kappa shape index (κ2) is 8.96. The number of furan rings is 2. The Morgan fingerprint density at radius 3 is 1.48 bits per heavy atom. The summed E-state index contributed by atoms with van der Waals surface area (Å²) in [5.41, 5.74) is 6.81. The molecule has 0 N–H and O–H groups in total. The summed E-state index contributed by atoms with van der Waals surface area (Å²) >= 11 is 1.85. The van der Waals surface area contributed by atoms with Gasteiger partial charge in [0.05, 0.1) is 0 Å². The number of rotatable bonds is 3. The number of anilines is 3. The lowest BCUT2D eigenvalue weighted by atomic mass is 10.0. The number of benzene rings is 7. The van der Waals surface area contributed by atoms with Gasteiger partial charge in [-0.15, -0.1) is 11.3 Å². The molecule has 0 unspecified atom stereocenters. The van der Waals surface area contributed by atoms with Crippen molar-refractivity contribution in [1.29, 1.82) is 0 Å². The molecule has 206 valence electrons. The highest BCUT2D eigenvalue weighted by Gasteiger charge is 2.19. The van der Waals surface area contributed by atoms with Crippen LogP contribution in [0.5, 0.6) is 0 Å². The number of hydrogen-bond acceptors (Lipinski definition) is 4. The molecule has 0 fully saturated rings. The molecule has 0 spiro atoms. The second-order valence-electron chi connectivity index (χ2n) is 11.4. The number of hydrogen-bond donors (Lipinski definition) is 0. The first-order chi connectivity index (χ1) is 21.8. The van der Waals surface area contributed by atoms with Crippen LogP contribution in [-0.2, 0) is 0 Å². The van der Waals surface area contributed by atoms with E-state index in [9.17, 15) is 0 Å². The van der Waals surface area contributed by atoms with E-state index in [2.05, 4.69) is 120 Å². The summed E-state index contributed by atoms with van der Waals surface area (Å²) in [4.78, 5) is 2.35. The van der Waals surface area contributed by atoms with Crippen molar-refractivity contribution in [3.05, 3.63) is 140 Å². The van der Waals surface area contributed by atoms with E-state index in [1.165, 1.54) is 30.9 Å². The van der Waals surface area contributed by atoms with Crippen LogP contribution in [0, 0.1) is 0 Å². The lowest BCUT2D eigenvalue weighted by molar-refractivity contribution is 0.668. The summed E-state index contributed by atoms with van der Waals surface area (Å²) in [6, 6.07) is 49.6. The molecule has 3 heterocycles. The van der Waals surface area contributed by atoms with Crippen molar-refractivity contribution in [1.82, 2.24) is 0 Å². The Balaban J connectivity index is 1.24. The van der Waals surface area contributed by atoms with Gasteiger partial charge in [0.2, 0.25) is 0 Å². The van der Waals surface area contributed by atoms with E-state index in [1.54, 1.807) is 0 Å². The van der Waals surface area contributed by atoms with Crippen LogP contribution in [0.4, 0.5) is 17.1 Å². The normalized spacial score (nSPS) is 12.1. The minimum atomic E-state index is 0.886. The average Bonchev–Trinajstić information content (AvgIpc) is 3.74. The maximum atomic E-state index is 6.20. The van der Waals surface area contributed by atoms with E-state index in [1.807, 2.05) is 35.6 Å². The molecular weight excluding hydrogens is 559 g/mol. The smallest absolute Gasteiger partial charge is 0.135 e. The molecule has 7 aromatic carbocycles. The third kappa shape index (κ3) is 3.49. The van der Waals surface area contributed by atoms with E-state index < -0.39 is 0 Å². The Morgan fingerprint density at radius 1 is 0.364 bits per heavy atom. The SMILES string of the molecule is c1ccc2cc3c(cc2c1)sc1ccc(N(c2ccc4oc5ccccc5c4c2)c2ccc4oc5ccccc5c4c2)cc13. The van der Waals surface area contributed by atoms with Gasteiger partial charge < -0.3 is 13.7 Å². The van der Waals surface area contributed by atoms with Crippen molar-refractivity contribution in [3.63, 3.8) is 0 Å². The minimum Gasteiger partial charge on any atom is -0.456 e. The Labute approximate surface area is 255 Å². The molecule has 0 radical (unpaired) electrons. The molecule has 44 heavy (non-hydrogen) atoms. The van der Waals surface area contributed by atoms with Crippen LogP contribution < -0.4 is 4.90 Å². The van der Waals surface area contributed by atoms with E-state index >= 15 is 0 Å². The van der Waals surface area contributed by atoms with Crippen molar-refractivity contribution in [2.75, 3.05) is 4.90 Å². The maximum absolute atomic E-state index is 6.20. The van der Waals surface area contributed by atoms with Crippen LogP contribution >= 0.6 is 11.3 Å². The summed E-state index contributed by atoms with van der Waals surface area (Å²) in [7, 11) is 0. The quantitative estimate of drug-likeness (QED) is 0.208. The highest BCUT2D eigenvalue weighted by Crippen LogP contribution is 2.44. The summed E-state index contributed by atoms with van der Waals surface area (Å²) in [6.07, 6.45) is 0. The van der Waals surface area contributed by atoms with E-state index in [-0.39, 0.29) is 0 Å². The monoisotopic (exact) mass is 581 g/mol. The van der Waals surface area contributed by atoms with E-state index in [0.717, 1.165) is 60.9 Å². The second-order valence-corrected chi connectivity index (χ2v) is 12.5. The Kier molecular flexibility index (Phi) is 4.87. The van der Waals surface area contributed by atoms with E-state index in [0.29, 0.717) is 0 Å². The molecule has 3 nitrogen and oxygen atoms in total. The van der Waals surface area contributed by atoms with Gasteiger partial charge in [-0.05, 0) is 89.6 Å². The first-order valence-electron chi connectivity index (χ1n) is 14.7. The van der Waals surface area contributed by atoms with Crippen molar-refractivity contribution in [3.8, 4) is 0 Å². The first-order valence-corrected chi connectivity index (χ1v) is 15.6. The van der Waals surface area contributed by atoms with Crippen LogP contribution in [0.25, 0.3) is 74.8 Å². The van der Waals surface area contributed by atoms with Crippen molar-refractivity contribution in [2.45, 2.75) is 0 Å². The molecule has 0 atom stereocenters. The van der Waals surface area contributed by atoms with Crippen LogP contribution in [0.15, 0.2) is 148 Å². The highest BCUT2D eigenvalue weighted by atomic mass is 32.1. The topological polar surface area (TPSA) is 29.5 Å². The number of para-hydroxylation sites is 2. The molecule has 0 aliphatic rings. The highest BCUT2D eigenvalue weighted by molar-refractivity contribution is 7.25. The van der Waals surface area contributed by atoms with Gasteiger partial charge in [-0.1, -0.05) is 60.7 Å². The summed E-state index contributed by atoms with van der Waals surface area (Å²) in [5.74, 6) is 0. The number of fused-ring (bicyclic) bond motifs is 10. The van der Waals surface area contributed by atoms with Crippen molar-refractivity contribution < 1.29 is 8.83 Å². The lowest BCUT2D eigenvalue weighted by Gasteiger charge is -2.26. The van der Waals surface area contributed by atoms with Gasteiger partial charge in [0.15, 0.2) is 0 Å². The third-order valence-corrected chi connectivity index (χ3v) is 9.95. The number of nitrogens with zero attached hydrogens (tertiary/aromatic N) is 1. The average molecular weight is 582 g/mol. The molecule has 10 aromatic rings. The van der Waals surface area contributed by atoms with Gasteiger partial charge in [-0.25, -0.2) is 0 Å². The first kappa shape index (κ1) is 23.9. The summed E-state index contributed by atoms with van der Waals surface area (Å²) in [5, 5.41) is 9.53. The Morgan fingerprint density at radius 2 is 0.841 bits per heavy atom. The summed E-state index contributed by atoms with van der Waals surface area (Å²) in [6.45, 7) is 0. The summed E-state index contributed by atoms with van der Waals surface area (Å²) < 4.78 is 15.0. The zero-order valence-corrected chi connectivity index (χ0v) is 24.3. The fourth-order valence-corrected chi connectivity index (χ4v) is 7.86. The van der Waals surface area contributed by atoms with Gasteiger partial charge >= 0.3 is 0 Å². The third-order valence-electron chi connectivity index (χ3n) is 8.82. The van der Waals surface area contributed by atoms with Crippen LogP contribution in [-0.4, -0.2) is 0 Å². The molecular formula is C40H23NO2S. The molecule has 0 aliphatic carbocycles. The zero-order valence-electron chi connectivity index (χ0n) is 23.5. The predicted octanol–water partition coefficient (Wildman–Crippen LogP) is 12.5. The molecule has 0 amide bonds. The molecule has 0 bridgehead atoms. The van der Waals surface area contributed by atoms with Gasteiger partial charge in [0.1, 0.15) is 22.3 Å². The van der Waals surface area contributed by atoms with Crippen LogP contribution in [0.2, 0.25) is 0 Å².